The summed E-state index contributed by atoms with van der Waals surface area (Å²) < 4.78 is 5.65. The van der Waals surface area contributed by atoms with E-state index < -0.39 is 0 Å². The highest BCUT2D eigenvalue weighted by atomic mass is 16.5. The molecule has 1 saturated heterocycles. The first-order valence-electron chi connectivity index (χ1n) is 6.02. The van der Waals surface area contributed by atoms with E-state index >= 15 is 0 Å². The average molecular weight is 230 g/mol. The van der Waals surface area contributed by atoms with Crippen LogP contribution in [0.4, 0.5) is 0 Å². The molecule has 1 heterocycles. The van der Waals surface area contributed by atoms with Crippen molar-refractivity contribution < 1.29 is 4.74 Å². The highest BCUT2D eigenvalue weighted by molar-refractivity contribution is 5.75. The lowest BCUT2D eigenvalue weighted by molar-refractivity contribution is -0.0620. The molecule has 3 heteroatoms. The second kappa shape index (κ2) is 15.0. The van der Waals surface area contributed by atoms with E-state index in [9.17, 15) is 0 Å². The van der Waals surface area contributed by atoms with Crippen molar-refractivity contribution in [1.82, 2.24) is 5.32 Å². The van der Waals surface area contributed by atoms with Gasteiger partial charge in [-0.15, -0.1) is 0 Å². The Kier molecular flexibility index (Phi) is 23.4. The molecule has 2 nitrogen and oxygen atoms in total. The van der Waals surface area contributed by atoms with Crippen LogP contribution in [-0.2, 0) is 4.74 Å². The molecule has 0 aromatic carbocycles. The Balaban J connectivity index is -0.000000109. The van der Waals surface area contributed by atoms with Gasteiger partial charge < -0.3 is 10.1 Å². The number of rotatable bonds is 0. The molecule has 1 aliphatic rings. The second-order valence-corrected chi connectivity index (χ2v) is 3.29. The minimum Gasteiger partial charge on any atom is -0.372 e. The van der Waals surface area contributed by atoms with Crippen LogP contribution in [0.3, 0.4) is 0 Å². The molecule has 1 aliphatic heterocycles. The Bertz CT molecular complexity index is 96.5. The van der Waals surface area contributed by atoms with Crippen LogP contribution in [0, 0.1) is 0 Å². The van der Waals surface area contributed by atoms with E-state index in [4.69, 9.17) is 4.74 Å². The van der Waals surface area contributed by atoms with Gasteiger partial charge in [-0.1, -0.05) is 35.1 Å². The molecule has 4 atom stereocenters. The summed E-state index contributed by atoms with van der Waals surface area (Å²) in [6.45, 7) is 16.5. The van der Waals surface area contributed by atoms with Crippen LogP contribution < -0.4 is 5.32 Å². The van der Waals surface area contributed by atoms with E-state index in [1.807, 2.05) is 27.7 Å². The van der Waals surface area contributed by atoms with E-state index in [-0.39, 0.29) is 15.8 Å². The molecule has 0 amide bonds. The second-order valence-electron chi connectivity index (χ2n) is 3.29. The van der Waals surface area contributed by atoms with Crippen LogP contribution in [-0.4, -0.2) is 32.7 Å². The van der Waals surface area contributed by atoms with Crippen LogP contribution in [0.5, 0.6) is 0 Å². The van der Waals surface area contributed by atoms with E-state index in [0.29, 0.717) is 24.3 Å². The molecule has 0 aromatic rings. The van der Waals surface area contributed by atoms with Gasteiger partial charge in [-0.25, -0.2) is 0 Å². The predicted molar refractivity (Wildman–Crippen MR) is 77.2 cm³/mol. The summed E-state index contributed by atoms with van der Waals surface area (Å²) in [4.78, 5) is 0. The van der Waals surface area contributed by atoms with Gasteiger partial charge >= 0.3 is 0 Å². The SMILES string of the molecule is C.CC.CC.CC1NC(C)C(C)OC1C.[B]. The number of nitrogens with one attached hydrogen (secondary N) is 1. The first-order valence-corrected chi connectivity index (χ1v) is 6.02. The number of morpholine rings is 1. The normalized spacial score (nSPS) is 31.5. The van der Waals surface area contributed by atoms with Gasteiger partial charge in [-0.2, -0.15) is 0 Å². The standard InChI is InChI=1S/C8H17NO.2C2H6.CH4.B/c1-5-7(3)10-8(4)6(2)9-5;2*1-2;;/h5-9H,1-4H3;2*1-2H3;1H4;. The summed E-state index contributed by atoms with van der Waals surface area (Å²) in [7, 11) is 0. The maximum atomic E-state index is 5.65. The molecule has 1 fully saturated rings. The third-order valence-corrected chi connectivity index (χ3v) is 2.36. The Labute approximate surface area is 106 Å². The summed E-state index contributed by atoms with van der Waals surface area (Å²) >= 11 is 0. The van der Waals surface area contributed by atoms with Crippen molar-refractivity contribution in [1.29, 1.82) is 0 Å². The monoisotopic (exact) mass is 230 g/mol. The van der Waals surface area contributed by atoms with Crippen molar-refractivity contribution in [2.75, 3.05) is 0 Å². The van der Waals surface area contributed by atoms with Gasteiger partial charge in [0, 0.05) is 20.5 Å². The van der Waals surface area contributed by atoms with Crippen LogP contribution in [0.2, 0.25) is 0 Å². The maximum absolute atomic E-state index is 5.65. The fourth-order valence-corrected chi connectivity index (χ4v) is 1.26. The van der Waals surface area contributed by atoms with Gasteiger partial charge in [-0.3, -0.25) is 0 Å². The van der Waals surface area contributed by atoms with Gasteiger partial charge in [-0.05, 0) is 27.7 Å². The first kappa shape index (κ1) is 25.0. The smallest absolute Gasteiger partial charge is 0.0701 e. The highest BCUT2D eigenvalue weighted by Crippen LogP contribution is 2.12. The predicted octanol–water partition coefficient (Wildman–Crippen LogP) is 3.47. The van der Waals surface area contributed by atoms with Crippen molar-refractivity contribution >= 4 is 8.41 Å². The van der Waals surface area contributed by atoms with Gasteiger partial charge in [0.05, 0.1) is 12.2 Å². The molecule has 0 aliphatic carbocycles. The summed E-state index contributed by atoms with van der Waals surface area (Å²) in [6, 6.07) is 0.984. The molecular formula is C13H33BNO. The quantitative estimate of drug-likeness (QED) is 0.643. The minimum absolute atomic E-state index is 0. The molecule has 0 aromatic heterocycles. The maximum Gasteiger partial charge on any atom is 0.0701 e. The van der Waals surface area contributed by atoms with E-state index in [1.54, 1.807) is 0 Å². The zero-order valence-corrected chi connectivity index (χ0v) is 11.8. The molecule has 4 unspecified atom stereocenters. The zero-order valence-electron chi connectivity index (χ0n) is 11.8. The Hall–Kier alpha value is -0.0151. The summed E-state index contributed by atoms with van der Waals surface area (Å²) in [5.74, 6) is 0. The third kappa shape index (κ3) is 9.23. The lowest BCUT2D eigenvalue weighted by Gasteiger charge is -2.37. The van der Waals surface area contributed by atoms with Gasteiger partial charge in [0.1, 0.15) is 0 Å². The lowest BCUT2D eigenvalue weighted by atomic mass is 10.1. The number of hydrogen-bond acceptors (Lipinski definition) is 2. The van der Waals surface area contributed by atoms with Crippen molar-refractivity contribution in [2.24, 2.45) is 0 Å². The van der Waals surface area contributed by atoms with Gasteiger partial charge in [0.15, 0.2) is 0 Å². The molecule has 0 spiro atoms. The fourth-order valence-electron chi connectivity index (χ4n) is 1.26. The molecule has 1 rings (SSSR count). The van der Waals surface area contributed by atoms with E-state index in [0.717, 1.165) is 0 Å². The first-order chi connectivity index (χ1) is 6.61. The summed E-state index contributed by atoms with van der Waals surface area (Å²) in [6.07, 6.45) is 0.706. The fraction of sp³-hybridized carbons (Fsp3) is 1.00. The minimum atomic E-state index is 0. The molecule has 99 valence electrons. The lowest BCUT2D eigenvalue weighted by Crippen LogP contribution is -2.54. The summed E-state index contributed by atoms with van der Waals surface area (Å²) in [5.41, 5.74) is 0. The summed E-state index contributed by atoms with van der Waals surface area (Å²) in [5, 5.41) is 3.45. The van der Waals surface area contributed by atoms with Crippen LogP contribution in [0.15, 0.2) is 0 Å². The Morgan fingerprint density at radius 1 is 0.750 bits per heavy atom. The highest BCUT2D eigenvalue weighted by Gasteiger charge is 2.26. The Morgan fingerprint density at radius 3 is 1.19 bits per heavy atom. The molecule has 3 radical (unpaired) electrons. The van der Waals surface area contributed by atoms with Gasteiger partial charge in [0.2, 0.25) is 0 Å². The van der Waals surface area contributed by atoms with Crippen molar-refractivity contribution in [2.45, 2.75) is 87.1 Å². The zero-order chi connectivity index (χ0) is 11.7. The van der Waals surface area contributed by atoms with Crippen LogP contribution >= 0.6 is 0 Å². The van der Waals surface area contributed by atoms with Gasteiger partial charge in [0.25, 0.3) is 0 Å². The topological polar surface area (TPSA) is 21.3 Å². The Morgan fingerprint density at radius 2 is 1.00 bits per heavy atom. The van der Waals surface area contributed by atoms with Crippen molar-refractivity contribution in [3.05, 3.63) is 0 Å². The average Bonchev–Trinajstić information content (AvgIpc) is 2.21. The van der Waals surface area contributed by atoms with Crippen molar-refractivity contribution in [3.8, 4) is 0 Å². The van der Waals surface area contributed by atoms with Crippen LogP contribution in [0.1, 0.15) is 62.8 Å². The van der Waals surface area contributed by atoms with Crippen LogP contribution in [0.25, 0.3) is 0 Å². The van der Waals surface area contributed by atoms with E-state index in [1.165, 1.54) is 0 Å². The molecule has 1 N–H and O–H groups in total. The molecular weight excluding hydrogens is 197 g/mol. The molecule has 0 saturated carbocycles. The number of hydrogen-bond donors (Lipinski definition) is 1. The van der Waals surface area contributed by atoms with E-state index in [2.05, 4.69) is 33.0 Å². The third-order valence-electron chi connectivity index (χ3n) is 2.36. The number of ether oxygens (including phenoxy) is 1. The van der Waals surface area contributed by atoms with Crippen molar-refractivity contribution in [3.63, 3.8) is 0 Å². The largest absolute Gasteiger partial charge is 0.372 e. The molecule has 16 heavy (non-hydrogen) atoms. The molecule has 0 bridgehead atoms.